The topological polar surface area (TPSA) is 25.8 Å². The number of aromatic nitrogens is 2. The van der Waals surface area contributed by atoms with Crippen LogP contribution in [0.3, 0.4) is 0 Å². The average molecular weight is 126 g/mol. The van der Waals surface area contributed by atoms with E-state index in [0.29, 0.717) is 0 Å². The van der Waals surface area contributed by atoms with Crippen molar-refractivity contribution in [2.75, 3.05) is 0 Å². The van der Waals surface area contributed by atoms with Crippen LogP contribution in [0, 0.1) is 0 Å². The van der Waals surface area contributed by atoms with Gasteiger partial charge in [-0.15, -0.1) is 0 Å². The Balaban J connectivity index is 0. The second-order valence-corrected chi connectivity index (χ2v) is 0.894. The molecule has 0 saturated heterocycles. The Morgan fingerprint density at radius 3 is 1.00 bits per heavy atom. The van der Waals surface area contributed by atoms with Gasteiger partial charge in [-0.05, 0) is 0 Å². The summed E-state index contributed by atoms with van der Waals surface area (Å²) in [7, 11) is 0. The van der Waals surface area contributed by atoms with Crippen molar-refractivity contribution < 1.29 is 0 Å². The summed E-state index contributed by atoms with van der Waals surface area (Å²) in [4.78, 5) is 7.44. The standard InChI is InChI=1S/C4H4N2.2Na/c1-2-6-4-3-5-1;;/h1-4H;;. The smallest absolute Gasteiger partial charge is 0.0451 e. The molecule has 0 aromatic carbocycles. The predicted molar refractivity (Wildman–Crippen MR) is 33.5 cm³/mol. The van der Waals surface area contributed by atoms with Crippen LogP contribution in [0.5, 0.6) is 0 Å². The van der Waals surface area contributed by atoms with E-state index < -0.39 is 0 Å². The van der Waals surface area contributed by atoms with Crippen molar-refractivity contribution in [3.05, 3.63) is 24.8 Å². The first-order valence-electron chi connectivity index (χ1n) is 1.70. The third kappa shape index (κ3) is 5.22. The molecule has 4 heteroatoms. The van der Waals surface area contributed by atoms with Crippen LogP contribution >= 0.6 is 0 Å². The molecule has 0 N–H and O–H groups in total. The normalized spacial score (nSPS) is 6.00. The first kappa shape index (κ1) is 11.8. The maximum Gasteiger partial charge on any atom is 0.0451 e. The number of hydrogen-bond acceptors (Lipinski definition) is 2. The fourth-order valence-electron chi connectivity index (χ4n) is 0.253. The maximum atomic E-state index is 3.72. The summed E-state index contributed by atoms with van der Waals surface area (Å²) in [5.74, 6) is 0. The second-order valence-electron chi connectivity index (χ2n) is 0.894. The van der Waals surface area contributed by atoms with E-state index in [1.807, 2.05) is 0 Å². The van der Waals surface area contributed by atoms with Crippen molar-refractivity contribution in [3.63, 3.8) is 0 Å². The Bertz CT molecular complexity index is 84.0. The van der Waals surface area contributed by atoms with E-state index >= 15 is 0 Å². The Labute approximate surface area is 92.7 Å². The van der Waals surface area contributed by atoms with Gasteiger partial charge in [0, 0.05) is 83.9 Å². The van der Waals surface area contributed by atoms with Gasteiger partial charge in [-0.3, -0.25) is 9.97 Å². The third-order valence-corrected chi connectivity index (χ3v) is 0.478. The Hall–Kier alpha value is 1.08. The minimum Gasteiger partial charge on any atom is -0.262 e. The van der Waals surface area contributed by atoms with E-state index in [2.05, 4.69) is 9.97 Å². The summed E-state index contributed by atoms with van der Waals surface area (Å²) < 4.78 is 0. The van der Waals surface area contributed by atoms with Gasteiger partial charge in [-0.1, -0.05) is 0 Å². The van der Waals surface area contributed by atoms with Gasteiger partial charge in [-0.2, -0.15) is 0 Å². The van der Waals surface area contributed by atoms with Gasteiger partial charge >= 0.3 is 0 Å². The number of nitrogens with zero attached hydrogens (tertiary/aromatic N) is 2. The molecular formula is C4H4N2Na2. The van der Waals surface area contributed by atoms with Crippen molar-refractivity contribution in [2.45, 2.75) is 0 Å². The molecule has 32 valence electrons. The molecule has 1 aromatic rings. The van der Waals surface area contributed by atoms with Gasteiger partial charge in [0.25, 0.3) is 0 Å². The van der Waals surface area contributed by atoms with Crippen molar-refractivity contribution in [3.8, 4) is 0 Å². The number of hydrogen-bond donors (Lipinski definition) is 0. The number of rotatable bonds is 0. The summed E-state index contributed by atoms with van der Waals surface area (Å²) >= 11 is 0. The van der Waals surface area contributed by atoms with E-state index in [4.69, 9.17) is 0 Å². The molecule has 0 atom stereocenters. The molecule has 1 rings (SSSR count). The fraction of sp³-hybridized carbons (Fsp3) is 0. The molecule has 0 aliphatic carbocycles. The van der Waals surface area contributed by atoms with E-state index in [1.165, 1.54) is 0 Å². The van der Waals surface area contributed by atoms with Crippen LogP contribution in [-0.4, -0.2) is 69.1 Å². The molecule has 0 amide bonds. The molecule has 1 heterocycles. The van der Waals surface area contributed by atoms with Crippen molar-refractivity contribution in [1.82, 2.24) is 9.97 Å². The molecular weight excluding hydrogens is 122 g/mol. The summed E-state index contributed by atoms with van der Waals surface area (Å²) in [6, 6.07) is 0. The molecule has 0 aliphatic heterocycles. The van der Waals surface area contributed by atoms with E-state index in [0.717, 1.165) is 0 Å². The van der Waals surface area contributed by atoms with Crippen LogP contribution in [0.4, 0.5) is 0 Å². The molecule has 0 unspecified atom stereocenters. The Morgan fingerprint density at radius 1 is 0.625 bits per heavy atom. The monoisotopic (exact) mass is 126 g/mol. The second kappa shape index (κ2) is 8.08. The van der Waals surface area contributed by atoms with Crippen LogP contribution < -0.4 is 0 Å². The van der Waals surface area contributed by atoms with E-state index in [1.54, 1.807) is 24.8 Å². The van der Waals surface area contributed by atoms with Gasteiger partial charge in [0.15, 0.2) is 0 Å². The largest absolute Gasteiger partial charge is 0.262 e. The van der Waals surface area contributed by atoms with Crippen LogP contribution in [0.15, 0.2) is 24.8 Å². The van der Waals surface area contributed by atoms with Crippen LogP contribution in [0.25, 0.3) is 0 Å². The Morgan fingerprint density at radius 2 is 0.875 bits per heavy atom. The minimum absolute atomic E-state index is 0. The first-order valence-corrected chi connectivity index (χ1v) is 1.70. The van der Waals surface area contributed by atoms with E-state index in [-0.39, 0.29) is 59.1 Å². The molecule has 0 aliphatic rings. The molecule has 0 spiro atoms. The summed E-state index contributed by atoms with van der Waals surface area (Å²) in [5.41, 5.74) is 0. The molecule has 0 fully saturated rings. The van der Waals surface area contributed by atoms with Crippen LogP contribution in [-0.2, 0) is 0 Å². The van der Waals surface area contributed by atoms with E-state index in [9.17, 15) is 0 Å². The Kier molecular flexibility index (Phi) is 11.9. The molecule has 2 nitrogen and oxygen atoms in total. The zero-order chi connectivity index (χ0) is 4.24. The van der Waals surface area contributed by atoms with Crippen LogP contribution in [0.1, 0.15) is 0 Å². The average Bonchev–Trinajstić information content (AvgIpc) is 1.72. The molecule has 1 aromatic heterocycles. The molecule has 0 bridgehead atoms. The summed E-state index contributed by atoms with van der Waals surface area (Å²) in [6.45, 7) is 0. The van der Waals surface area contributed by atoms with Gasteiger partial charge in [0.05, 0.1) is 0 Å². The van der Waals surface area contributed by atoms with Gasteiger partial charge in [0.1, 0.15) is 0 Å². The predicted octanol–water partition coefficient (Wildman–Crippen LogP) is -0.285. The third-order valence-electron chi connectivity index (χ3n) is 0.478. The first-order chi connectivity index (χ1) is 3.00. The minimum atomic E-state index is 0. The quantitative estimate of drug-likeness (QED) is 0.446. The van der Waals surface area contributed by atoms with Gasteiger partial charge in [-0.25, -0.2) is 0 Å². The SMILES string of the molecule is [Na].[Na].c1cnccn1. The summed E-state index contributed by atoms with van der Waals surface area (Å²) in [5, 5.41) is 0. The van der Waals surface area contributed by atoms with Crippen molar-refractivity contribution in [2.24, 2.45) is 0 Å². The van der Waals surface area contributed by atoms with Gasteiger partial charge < -0.3 is 0 Å². The zero-order valence-corrected chi connectivity index (χ0v) is 9.20. The van der Waals surface area contributed by atoms with Crippen LogP contribution in [0.2, 0.25) is 0 Å². The summed E-state index contributed by atoms with van der Waals surface area (Å²) in [6.07, 6.45) is 6.56. The van der Waals surface area contributed by atoms with Crippen molar-refractivity contribution in [1.29, 1.82) is 0 Å². The zero-order valence-electron chi connectivity index (χ0n) is 5.20. The maximum absolute atomic E-state index is 3.72. The molecule has 0 saturated carbocycles. The molecule has 8 heavy (non-hydrogen) atoms. The van der Waals surface area contributed by atoms with Crippen molar-refractivity contribution >= 4 is 59.1 Å². The van der Waals surface area contributed by atoms with Gasteiger partial charge in [0.2, 0.25) is 0 Å². The molecule has 2 radical (unpaired) electrons. The fourth-order valence-corrected chi connectivity index (χ4v) is 0.253.